The van der Waals surface area contributed by atoms with E-state index in [4.69, 9.17) is 0 Å². The van der Waals surface area contributed by atoms with E-state index in [0.29, 0.717) is 18.8 Å². The summed E-state index contributed by atoms with van der Waals surface area (Å²) in [5, 5.41) is 18.6. The zero-order valence-electron chi connectivity index (χ0n) is 7.80. The molecule has 0 rings (SSSR count). The van der Waals surface area contributed by atoms with E-state index in [-0.39, 0.29) is 0 Å². The molecule has 2 N–H and O–H groups in total. The smallest absolute Gasteiger partial charge is 0.162 e. The molecular formula is C9H20O2. The second kappa shape index (κ2) is 4.73. The Balaban J connectivity index is 3.79. The fourth-order valence-corrected chi connectivity index (χ4v) is 1.18. The molecule has 0 unspecified atom stereocenters. The first kappa shape index (κ1) is 10.9. The van der Waals surface area contributed by atoms with Crippen molar-refractivity contribution in [3.05, 3.63) is 0 Å². The van der Waals surface area contributed by atoms with E-state index in [1.165, 1.54) is 0 Å². The van der Waals surface area contributed by atoms with E-state index in [0.717, 1.165) is 12.8 Å². The van der Waals surface area contributed by atoms with E-state index in [1.54, 1.807) is 6.92 Å². The third-order valence-corrected chi connectivity index (χ3v) is 2.34. The maximum absolute atomic E-state index is 9.31. The van der Waals surface area contributed by atoms with Gasteiger partial charge in [-0.05, 0) is 12.3 Å². The van der Waals surface area contributed by atoms with Crippen molar-refractivity contribution in [2.24, 2.45) is 5.92 Å². The van der Waals surface area contributed by atoms with Crippen LogP contribution in [0.4, 0.5) is 0 Å². The van der Waals surface area contributed by atoms with Gasteiger partial charge in [0.25, 0.3) is 0 Å². The highest BCUT2D eigenvalue weighted by molar-refractivity contribution is 4.67. The van der Waals surface area contributed by atoms with Gasteiger partial charge < -0.3 is 10.2 Å². The van der Waals surface area contributed by atoms with Crippen LogP contribution in [-0.2, 0) is 0 Å². The normalized spacial score (nSPS) is 12.5. The molecule has 0 aromatic heterocycles. The third-order valence-electron chi connectivity index (χ3n) is 2.34. The molecule has 0 amide bonds. The van der Waals surface area contributed by atoms with Crippen LogP contribution in [0.5, 0.6) is 0 Å². The summed E-state index contributed by atoms with van der Waals surface area (Å²) in [6.07, 6.45) is 2.98. The first-order valence-electron chi connectivity index (χ1n) is 4.50. The van der Waals surface area contributed by atoms with Gasteiger partial charge in [-0.3, -0.25) is 0 Å². The topological polar surface area (TPSA) is 40.5 Å². The Labute approximate surface area is 69.2 Å². The van der Waals surface area contributed by atoms with Gasteiger partial charge in [0.05, 0.1) is 0 Å². The largest absolute Gasteiger partial charge is 0.366 e. The van der Waals surface area contributed by atoms with Gasteiger partial charge in [-0.15, -0.1) is 0 Å². The quantitative estimate of drug-likeness (QED) is 0.603. The lowest BCUT2D eigenvalue weighted by Crippen LogP contribution is -2.29. The maximum Gasteiger partial charge on any atom is 0.162 e. The highest BCUT2D eigenvalue weighted by Gasteiger charge is 2.23. The number of hydrogen-bond acceptors (Lipinski definition) is 2. The van der Waals surface area contributed by atoms with E-state index >= 15 is 0 Å². The molecule has 0 spiro atoms. The molecule has 0 aromatic carbocycles. The monoisotopic (exact) mass is 160 g/mol. The molecule has 2 heteroatoms. The molecule has 0 radical (unpaired) electrons. The van der Waals surface area contributed by atoms with Crippen molar-refractivity contribution in [1.82, 2.24) is 0 Å². The van der Waals surface area contributed by atoms with E-state index in [9.17, 15) is 10.2 Å². The van der Waals surface area contributed by atoms with Gasteiger partial charge in [0.15, 0.2) is 5.79 Å². The van der Waals surface area contributed by atoms with Crippen molar-refractivity contribution < 1.29 is 10.2 Å². The second-order valence-corrected chi connectivity index (χ2v) is 3.22. The standard InChI is InChI=1S/C9H20O2/c1-4-8(5-2)7-9(10,11)6-3/h8,10-11H,4-7H2,1-3H3. The molecular weight excluding hydrogens is 140 g/mol. The van der Waals surface area contributed by atoms with Crippen molar-refractivity contribution in [2.75, 3.05) is 0 Å². The molecule has 0 bridgehead atoms. The van der Waals surface area contributed by atoms with Crippen LogP contribution in [0.15, 0.2) is 0 Å². The lowest BCUT2D eigenvalue weighted by atomic mass is 9.93. The van der Waals surface area contributed by atoms with E-state index in [1.807, 2.05) is 0 Å². The number of rotatable bonds is 5. The van der Waals surface area contributed by atoms with Gasteiger partial charge in [-0.1, -0.05) is 33.6 Å². The summed E-state index contributed by atoms with van der Waals surface area (Å²) in [5.74, 6) is -0.985. The highest BCUT2D eigenvalue weighted by atomic mass is 16.5. The minimum absolute atomic E-state index is 0.420. The fourth-order valence-electron chi connectivity index (χ4n) is 1.18. The van der Waals surface area contributed by atoms with Gasteiger partial charge >= 0.3 is 0 Å². The van der Waals surface area contributed by atoms with Crippen molar-refractivity contribution in [2.45, 2.75) is 52.2 Å². The Hall–Kier alpha value is -0.0800. The van der Waals surface area contributed by atoms with Crippen molar-refractivity contribution in [3.8, 4) is 0 Å². The molecule has 11 heavy (non-hydrogen) atoms. The van der Waals surface area contributed by atoms with Crippen molar-refractivity contribution in [1.29, 1.82) is 0 Å². The summed E-state index contributed by atoms with van der Waals surface area (Å²) in [4.78, 5) is 0. The van der Waals surface area contributed by atoms with Crippen molar-refractivity contribution in [3.63, 3.8) is 0 Å². The molecule has 0 aliphatic rings. The van der Waals surface area contributed by atoms with Crippen LogP contribution in [0.2, 0.25) is 0 Å². The zero-order valence-corrected chi connectivity index (χ0v) is 7.80. The van der Waals surface area contributed by atoms with Crippen LogP contribution in [0.3, 0.4) is 0 Å². The van der Waals surface area contributed by atoms with Crippen LogP contribution in [0.1, 0.15) is 46.5 Å². The van der Waals surface area contributed by atoms with Gasteiger partial charge in [0.1, 0.15) is 0 Å². The first-order chi connectivity index (χ1) is 5.05. The minimum Gasteiger partial charge on any atom is -0.366 e. The molecule has 0 aliphatic carbocycles. The highest BCUT2D eigenvalue weighted by Crippen LogP contribution is 2.22. The first-order valence-corrected chi connectivity index (χ1v) is 4.50. The molecule has 0 fully saturated rings. The SMILES string of the molecule is CCC(CC)CC(O)(O)CC. The molecule has 0 heterocycles. The summed E-state index contributed by atoms with van der Waals surface area (Å²) < 4.78 is 0. The summed E-state index contributed by atoms with van der Waals surface area (Å²) >= 11 is 0. The summed E-state index contributed by atoms with van der Waals surface area (Å²) in [5.41, 5.74) is 0. The van der Waals surface area contributed by atoms with Crippen LogP contribution in [0, 0.1) is 5.92 Å². The van der Waals surface area contributed by atoms with Crippen LogP contribution in [0.25, 0.3) is 0 Å². The van der Waals surface area contributed by atoms with Gasteiger partial charge in [0.2, 0.25) is 0 Å². The summed E-state index contributed by atoms with van der Waals surface area (Å²) in [6.45, 7) is 5.96. The number of aliphatic hydroxyl groups is 2. The van der Waals surface area contributed by atoms with Gasteiger partial charge in [-0.25, -0.2) is 0 Å². The second-order valence-electron chi connectivity index (χ2n) is 3.22. The Morgan fingerprint density at radius 3 is 1.82 bits per heavy atom. The van der Waals surface area contributed by atoms with Crippen molar-refractivity contribution >= 4 is 0 Å². The molecule has 0 saturated carbocycles. The minimum atomic E-state index is -1.43. The lowest BCUT2D eigenvalue weighted by Gasteiger charge is -2.24. The molecule has 2 nitrogen and oxygen atoms in total. The lowest BCUT2D eigenvalue weighted by molar-refractivity contribution is -0.175. The molecule has 0 aromatic rings. The number of hydrogen-bond donors (Lipinski definition) is 2. The molecule has 68 valence electrons. The Bertz CT molecular complexity index is 95.7. The molecule has 0 saturated heterocycles. The van der Waals surface area contributed by atoms with E-state index < -0.39 is 5.79 Å². The summed E-state index contributed by atoms with van der Waals surface area (Å²) in [6, 6.07) is 0. The molecule has 0 atom stereocenters. The van der Waals surface area contributed by atoms with Crippen LogP contribution in [-0.4, -0.2) is 16.0 Å². The predicted octanol–water partition coefficient (Wildman–Crippen LogP) is 1.90. The average Bonchev–Trinajstić information content (AvgIpc) is 2.00. The zero-order chi connectivity index (χ0) is 8.91. The maximum atomic E-state index is 9.31. The average molecular weight is 160 g/mol. The Kier molecular flexibility index (Phi) is 4.69. The summed E-state index contributed by atoms with van der Waals surface area (Å²) in [7, 11) is 0. The van der Waals surface area contributed by atoms with Crippen LogP contribution >= 0.6 is 0 Å². The molecule has 0 aliphatic heterocycles. The van der Waals surface area contributed by atoms with Crippen LogP contribution < -0.4 is 0 Å². The Morgan fingerprint density at radius 1 is 1.09 bits per heavy atom. The Morgan fingerprint density at radius 2 is 1.55 bits per heavy atom. The fraction of sp³-hybridized carbons (Fsp3) is 1.00. The van der Waals surface area contributed by atoms with Gasteiger partial charge in [-0.2, -0.15) is 0 Å². The van der Waals surface area contributed by atoms with Gasteiger partial charge in [0, 0.05) is 6.42 Å². The van der Waals surface area contributed by atoms with E-state index in [2.05, 4.69) is 13.8 Å². The third kappa shape index (κ3) is 4.38. The predicted molar refractivity (Wildman–Crippen MR) is 46.1 cm³/mol.